The summed E-state index contributed by atoms with van der Waals surface area (Å²) in [5.41, 5.74) is 0.708. The fourth-order valence-electron chi connectivity index (χ4n) is 1.81. The fraction of sp³-hybridized carbons (Fsp3) is 0.429. The predicted molar refractivity (Wildman–Crippen MR) is 79.8 cm³/mol. The fourth-order valence-corrected chi connectivity index (χ4v) is 2.45. The van der Waals surface area contributed by atoms with Crippen molar-refractivity contribution in [3.05, 3.63) is 29.0 Å². The molecular formula is C14H19N3O2S. The Balaban J connectivity index is 1.91. The van der Waals surface area contributed by atoms with Crippen LogP contribution in [0, 0.1) is 6.92 Å². The van der Waals surface area contributed by atoms with Crippen LogP contribution in [0.4, 0.5) is 0 Å². The lowest BCUT2D eigenvalue weighted by Crippen LogP contribution is -2.28. The maximum Gasteiger partial charge on any atom is 0.236 e. The summed E-state index contributed by atoms with van der Waals surface area (Å²) >= 11 is 1.57. The number of thiophene rings is 1. The van der Waals surface area contributed by atoms with Gasteiger partial charge in [0.15, 0.2) is 0 Å². The first-order chi connectivity index (χ1) is 9.70. The lowest BCUT2D eigenvalue weighted by atomic mass is 10.2. The summed E-state index contributed by atoms with van der Waals surface area (Å²) in [6.45, 7) is 3.41. The van der Waals surface area contributed by atoms with Crippen LogP contribution < -0.4 is 10.6 Å². The van der Waals surface area contributed by atoms with Crippen molar-refractivity contribution in [2.45, 2.75) is 19.8 Å². The van der Waals surface area contributed by atoms with E-state index in [1.165, 1.54) is 0 Å². The van der Waals surface area contributed by atoms with E-state index in [0.717, 1.165) is 17.8 Å². The summed E-state index contributed by atoms with van der Waals surface area (Å²) in [7, 11) is 1.90. The Morgan fingerprint density at radius 2 is 2.30 bits per heavy atom. The topological polar surface area (TPSA) is 67.2 Å². The maximum absolute atomic E-state index is 11.8. The van der Waals surface area contributed by atoms with Crippen molar-refractivity contribution in [3.63, 3.8) is 0 Å². The number of hydrogen-bond acceptors (Lipinski definition) is 5. The summed E-state index contributed by atoms with van der Waals surface area (Å²) in [4.78, 5) is 17.2. The molecule has 0 atom stereocenters. The molecule has 2 N–H and O–H groups in total. The highest BCUT2D eigenvalue weighted by Gasteiger charge is 2.14. The molecule has 2 heterocycles. The number of rotatable bonds is 7. The average molecular weight is 293 g/mol. The molecule has 5 nitrogen and oxygen atoms in total. The molecule has 0 aliphatic heterocycles. The van der Waals surface area contributed by atoms with Gasteiger partial charge >= 0.3 is 0 Å². The second-order valence-corrected chi connectivity index (χ2v) is 5.43. The molecule has 2 aromatic rings. The van der Waals surface area contributed by atoms with E-state index in [9.17, 15) is 4.79 Å². The van der Waals surface area contributed by atoms with Gasteiger partial charge in [-0.3, -0.25) is 4.79 Å². The number of nitrogens with one attached hydrogen (secondary N) is 2. The molecule has 0 saturated carbocycles. The molecule has 1 amide bonds. The molecule has 0 spiro atoms. The number of nitrogens with zero attached hydrogens (tertiary/aromatic N) is 1. The van der Waals surface area contributed by atoms with Crippen LogP contribution in [0.15, 0.2) is 21.9 Å². The molecular weight excluding hydrogens is 274 g/mol. The second kappa shape index (κ2) is 7.21. The second-order valence-electron chi connectivity index (χ2n) is 4.48. The third-order valence-electron chi connectivity index (χ3n) is 2.88. The van der Waals surface area contributed by atoms with Gasteiger partial charge in [-0.05, 0) is 38.4 Å². The van der Waals surface area contributed by atoms with Crippen LogP contribution in [0.3, 0.4) is 0 Å². The van der Waals surface area contributed by atoms with Crippen molar-refractivity contribution in [2.24, 2.45) is 0 Å². The van der Waals surface area contributed by atoms with Gasteiger partial charge < -0.3 is 15.1 Å². The molecule has 0 aliphatic carbocycles. The zero-order chi connectivity index (χ0) is 14.4. The van der Waals surface area contributed by atoms with Gasteiger partial charge in [0, 0.05) is 6.54 Å². The van der Waals surface area contributed by atoms with Crippen molar-refractivity contribution in [1.82, 2.24) is 15.6 Å². The monoisotopic (exact) mass is 293 g/mol. The number of carbonyl (C=O) groups is 1. The minimum absolute atomic E-state index is 0.0183. The first-order valence-electron chi connectivity index (χ1n) is 6.62. The smallest absolute Gasteiger partial charge is 0.236 e. The molecule has 0 aliphatic rings. The molecule has 6 heteroatoms. The lowest BCUT2D eigenvalue weighted by Gasteiger charge is -2.03. The Kier molecular flexibility index (Phi) is 5.31. The van der Waals surface area contributed by atoms with Crippen LogP contribution in [0.1, 0.15) is 17.9 Å². The highest BCUT2D eigenvalue weighted by atomic mass is 32.1. The van der Waals surface area contributed by atoms with Crippen LogP contribution in [0.2, 0.25) is 0 Å². The van der Waals surface area contributed by atoms with E-state index in [2.05, 4.69) is 15.6 Å². The number of amides is 1. The largest absolute Gasteiger partial charge is 0.440 e. The SMILES string of the molecule is CNCCCNC(=O)Cc1nc(-c2cccs2)oc1C. The third-order valence-corrected chi connectivity index (χ3v) is 3.74. The van der Waals surface area contributed by atoms with Crippen LogP contribution in [-0.4, -0.2) is 31.0 Å². The Morgan fingerprint density at radius 3 is 3.00 bits per heavy atom. The zero-order valence-electron chi connectivity index (χ0n) is 11.7. The van der Waals surface area contributed by atoms with Gasteiger partial charge in [-0.15, -0.1) is 11.3 Å². The number of oxazole rings is 1. The van der Waals surface area contributed by atoms with E-state index in [0.29, 0.717) is 23.9 Å². The molecule has 108 valence electrons. The van der Waals surface area contributed by atoms with E-state index in [-0.39, 0.29) is 12.3 Å². The summed E-state index contributed by atoms with van der Waals surface area (Å²) in [5, 5.41) is 7.90. The van der Waals surface area contributed by atoms with Crippen LogP contribution in [0.25, 0.3) is 10.8 Å². The van der Waals surface area contributed by atoms with Gasteiger partial charge in [-0.2, -0.15) is 0 Å². The zero-order valence-corrected chi connectivity index (χ0v) is 12.5. The van der Waals surface area contributed by atoms with E-state index >= 15 is 0 Å². The van der Waals surface area contributed by atoms with Crippen LogP contribution >= 0.6 is 11.3 Å². The highest BCUT2D eigenvalue weighted by Crippen LogP contribution is 2.25. The van der Waals surface area contributed by atoms with Gasteiger partial charge in [0.05, 0.1) is 17.0 Å². The predicted octanol–water partition coefficient (Wildman–Crippen LogP) is 1.98. The molecule has 2 aromatic heterocycles. The molecule has 0 saturated heterocycles. The van der Waals surface area contributed by atoms with Gasteiger partial charge in [0.25, 0.3) is 0 Å². The number of aromatic nitrogens is 1. The highest BCUT2D eigenvalue weighted by molar-refractivity contribution is 7.13. The van der Waals surface area contributed by atoms with E-state index in [1.54, 1.807) is 11.3 Å². The first kappa shape index (κ1) is 14.7. The molecule has 20 heavy (non-hydrogen) atoms. The van der Waals surface area contributed by atoms with Gasteiger partial charge in [-0.1, -0.05) is 6.07 Å². The third kappa shape index (κ3) is 3.91. The molecule has 0 aromatic carbocycles. The van der Waals surface area contributed by atoms with Gasteiger partial charge in [-0.25, -0.2) is 4.98 Å². The Morgan fingerprint density at radius 1 is 1.45 bits per heavy atom. The van der Waals surface area contributed by atoms with E-state index < -0.39 is 0 Å². The molecule has 0 radical (unpaired) electrons. The summed E-state index contributed by atoms with van der Waals surface area (Å²) in [6, 6.07) is 3.91. The summed E-state index contributed by atoms with van der Waals surface area (Å²) in [6.07, 6.45) is 1.18. The molecule has 0 bridgehead atoms. The van der Waals surface area contributed by atoms with Gasteiger partial charge in [0.2, 0.25) is 11.8 Å². The van der Waals surface area contributed by atoms with Gasteiger partial charge in [0.1, 0.15) is 5.76 Å². The summed E-state index contributed by atoms with van der Waals surface area (Å²) in [5.74, 6) is 1.28. The van der Waals surface area contributed by atoms with Crippen molar-refractivity contribution >= 4 is 17.2 Å². The lowest BCUT2D eigenvalue weighted by molar-refractivity contribution is -0.120. The maximum atomic E-state index is 11.8. The Labute approximate surface area is 122 Å². The van der Waals surface area contributed by atoms with Crippen molar-refractivity contribution in [1.29, 1.82) is 0 Å². The average Bonchev–Trinajstić information content (AvgIpc) is 3.05. The van der Waals surface area contributed by atoms with Crippen molar-refractivity contribution in [3.8, 4) is 10.8 Å². The normalized spacial score (nSPS) is 10.7. The van der Waals surface area contributed by atoms with E-state index in [4.69, 9.17) is 4.42 Å². The Bertz CT molecular complexity index is 549. The van der Waals surface area contributed by atoms with Crippen molar-refractivity contribution < 1.29 is 9.21 Å². The molecule has 2 rings (SSSR count). The quantitative estimate of drug-likeness (QED) is 0.766. The minimum Gasteiger partial charge on any atom is -0.440 e. The number of carbonyl (C=O) groups excluding carboxylic acids is 1. The van der Waals surface area contributed by atoms with Crippen LogP contribution in [0.5, 0.6) is 0 Å². The first-order valence-corrected chi connectivity index (χ1v) is 7.50. The number of aryl methyl sites for hydroxylation is 1. The van der Waals surface area contributed by atoms with E-state index in [1.807, 2.05) is 31.5 Å². The van der Waals surface area contributed by atoms with Crippen molar-refractivity contribution in [2.75, 3.05) is 20.1 Å². The standard InChI is InChI=1S/C14H19N3O2S/c1-10-11(9-13(18)16-7-4-6-15-2)17-14(19-10)12-5-3-8-20-12/h3,5,8,15H,4,6-7,9H2,1-2H3,(H,16,18). The minimum atomic E-state index is -0.0183. The Hall–Kier alpha value is -1.66. The molecule has 0 fully saturated rings. The van der Waals surface area contributed by atoms with Crippen LogP contribution in [-0.2, 0) is 11.2 Å². The summed E-state index contributed by atoms with van der Waals surface area (Å²) < 4.78 is 5.61. The number of hydrogen-bond donors (Lipinski definition) is 2. The molecule has 0 unspecified atom stereocenters.